The number of carbonyl (C=O) groups excluding carboxylic acids is 1. The van der Waals surface area contributed by atoms with Gasteiger partial charge in [-0.05, 0) is 17.7 Å². The molecule has 0 radical (unpaired) electrons. The van der Waals surface area contributed by atoms with Crippen molar-refractivity contribution in [2.75, 3.05) is 26.5 Å². The Morgan fingerprint density at radius 3 is 2.42 bits per heavy atom. The van der Waals surface area contributed by atoms with Gasteiger partial charge in [0.25, 0.3) is 0 Å². The second-order valence-electron chi connectivity index (χ2n) is 5.55. The van der Waals surface area contributed by atoms with Crippen LogP contribution >= 0.6 is 11.6 Å². The van der Waals surface area contributed by atoms with Crippen molar-refractivity contribution in [2.45, 2.75) is 6.61 Å². The highest BCUT2D eigenvalue weighted by Gasteiger charge is 2.17. The zero-order chi connectivity index (χ0) is 19.1. The Kier molecular flexibility index (Phi) is 6.68. The minimum atomic E-state index is -0.607. The summed E-state index contributed by atoms with van der Waals surface area (Å²) in [7, 11) is 4.77. The number of benzene rings is 2. The van der Waals surface area contributed by atoms with Crippen LogP contribution in [0.1, 0.15) is 5.56 Å². The van der Waals surface area contributed by atoms with Gasteiger partial charge in [0.2, 0.25) is 0 Å². The summed E-state index contributed by atoms with van der Waals surface area (Å²) >= 11 is 6.39. The predicted molar refractivity (Wildman–Crippen MR) is 102 cm³/mol. The fourth-order valence-electron chi connectivity index (χ4n) is 2.04. The van der Waals surface area contributed by atoms with E-state index in [4.69, 9.17) is 26.5 Å². The predicted octanol–water partition coefficient (Wildman–Crippen LogP) is 3.55. The highest BCUT2D eigenvalue weighted by Crippen LogP contribution is 2.39. The number of rotatable bonds is 5. The van der Waals surface area contributed by atoms with Gasteiger partial charge in [0.1, 0.15) is 28.8 Å². The van der Waals surface area contributed by atoms with Crippen molar-refractivity contribution in [3.05, 3.63) is 53.1 Å². The molecule has 8 heteroatoms. The number of carbonyl (C=O) groups is 1. The van der Waals surface area contributed by atoms with Crippen molar-refractivity contribution < 1.29 is 14.3 Å². The molecule has 0 unspecified atom stereocenters. The van der Waals surface area contributed by atoms with Gasteiger partial charge >= 0.3 is 6.03 Å². The van der Waals surface area contributed by atoms with Gasteiger partial charge in [-0.15, -0.1) is 0 Å². The standard InChI is InChI=1S/C18H21ClN4O3/c1-23(2)17(20)22-18(24)21-16-14(25-3)10-9-13(15(16)19)26-11-12-7-5-4-6-8-12/h4-10H,11H2,1-3H3,(H3,20,21,22,24). The topological polar surface area (TPSA) is 86.7 Å². The molecule has 7 nitrogen and oxygen atoms in total. The maximum Gasteiger partial charge on any atom is 0.326 e. The molecular weight excluding hydrogens is 356 g/mol. The van der Waals surface area contributed by atoms with Gasteiger partial charge in [0, 0.05) is 14.1 Å². The number of halogens is 1. The van der Waals surface area contributed by atoms with Gasteiger partial charge in [0.05, 0.1) is 7.11 Å². The third-order valence-electron chi connectivity index (χ3n) is 3.44. The van der Waals surface area contributed by atoms with Crippen molar-refractivity contribution in [1.82, 2.24) is 10.2 Å². The maximum atomic E-state index is 12.1. The molecule has 0 aliphatic carbocycles. The molecule has 2 aromatic rings. The monoisotopic (exact) mass is 376 g/mol. The maximum absolute atomic E-state index is 12.1. The first-order valence-corrected chi connectivity index (χ1v) is 8.17. The van der Waals surface area contributed by atoms with Gasteiger partial charge in [-0.3, -0.25) is 10.7 Å². The van der Waals surface area contributed by atoms with E-state index in [0.717, 1.165) is 5.56 Å². The Balaban J connectivity index is 2.16. The van der Waals surface area contributed by atoms with Crippen LogP contribution < -0.4 is 20.1 Å². The third-order valence-corrected chi connectivity index (χ3v) is 3.82. The molecule has 0 saturated carbocycles. The Morgan fingerprint density at radius 2 is 1.81 bits per heavy atom. The number of ether oxygens (including phenoxy) is 2. The summed E-state index contributed by atoms with van der Waals surface area (Å²) in [4.78, 5) is 13.5. The van der Waals surface area contributed by atoms with Crippen LogP contribution in [-0.4, -0.2) is 38.1 Å². The summed E-state index contributed by atoms with van der Waals surface area (Å²) in [6, 6.07) is 12.4. The second-order valence-corrected chi connectivity index (χ2v) is 5.93. The summed E-state index contributed by atoms with van der Waals surface area (Å²) in [6.07, 6.45) is 0. The van der Waals surface area contributed by atoms with E-state index in [9.17, 15) is 4.79 Å². The van der Waals surface area contributed by atoms with Gasteiger partial charge in [-0.2, -0.15) is 0 Å². The largest absolute Gasteiger partial charge is 0.495 e. The van der Waals surface area contributed by atoms with Crippen molar-refractivity contribution in [3.63, 3.8) is 0 Å². The molecule has 0 spiro atoms. The molecule has 138 valence electrons. The van der Waals surface area contributed by atoms with Gasteiger partial charge in [-0.25, -0.2) is 4.79 Å². The zero-order valence-corrected chi connectivity index (χ0v) is 15.6. The number of nitrogens with zero attached hydrogens (tertiary/aromatic N) is 1. The average molecular weight is 377 g/mol. The Bertz CT molecular complexity index is 782. The van der Waals surface area contributed by atoms with Crippen molar-refractivity contribution >= 4 is 29.3 Å². The fourth-order valence-corrected chi connectivity index (χ4v) is 2.29. The quantitative estimate of drug-likeness (QED) is 0.550. The van der Waals surface area contributed by atoms with Crippen molar-refractivity contribution in [3.8, 4) is 11.5 Å². The summed E-state index contributed by atoms with van der Waals surface area (Å²) in [5.41, 5.74) is 1.26. The van der Waals surface area contributed by atoms with E-state index in [1.54, 1.807) is 26.2 Å². The average Bonchev–Trinajstić information content (AvgIpc) is 2.63. The lowest BCUT2D eigenvalue weighted by atomic mass is 10.2. The van der Waals surface area contributed by atoms with Crippen molar-refractivity contribution in [2.24, 2.45) is 0 Å². The first kappa shape index (κ1) is 19.4. The molecule has 0 heterocycles. The molecule has 0 saturated heterocycles. The number of hydrogen-bond donors (Lipinski definition) is 3. The molecule has 0 aliphatic heterocycles. The van der Waals surface area contributed by atoms with E-state index in [-0.39, 0.29) is 16.7 Å². The van der Waals surface area contributed by atoms with Crippen LogP contribution in [0.25, 0.3) is 0 Å². The molecule has 3 N–H and O–H groups in total. The normalized spacial score (nSPS) is 10.0. The highest BCUT2D eigenvalue weighted by atomic mass is 35.5. The molecular formula is C18H21ClN4O3. The first-order chi connectivity index (χ1) is 12.4. The minimum absolute atomic E-state index is 0.0610. The Morgan fingerprint density at radius 1 is 1.15 bits per heavy atom. The SMILES string of the molecule is COc1ccc(OCc2ccccc2)c(Cl)c1NC(=O)NC(=N)N(C)C. The molecule has 0 fully saturated rings. The molecule has 0 atom stereocenters. The number of nitrogens with one attached hydrogen (secondary N) is 3. The van der Waals surface area contributed by atoms with E-state index in [0.29, 0.717) is 18.1 Å². The summed E-state index contributed by atoms with van der Waals surface area (Å²) < 4.78 is 11.0. The fraction of sp³-hybridized carbons (Fsp3) is 0.222. The number of anilines is 1. The Labute approximate surface area is 157 Å². The lowest BCUT2D eigenvalue weighted by Gasteiger charge is -2.18. The van der Waals surface area contributed by atoms with E-state index < -0.39 is 6.03 Å². The van der Waals surface area contributed by atoms with E-state index in [1.165, 1.54) is 12.0 Å². The molecule has 0 bridgehead atoms. The van der Waals surface area contributed by atoms with Crippen LogP contribution in [0.2, 0.25) is 5.02 Å². The molecule has 2 rings (SSSR count). The number of amides is 2. The van der Waals surface area contributed by atoms with Crippen LogP contribution in [0.4, 0.5) is 10.5 Å². The van der Waals surface area contributed by atoms with Crippen LogP contribution in [0.5, 0.6) is 11.5 Å². The van der Waals surface area contributed by atoms with E-state index in [2.05, 4.69) is 10.6 Å². The number of hydrogen-bond acceptors (Lipinski definition) is 4. The molecule has 26 heavy (non-hydrogen) atoms. The van der Waals surface area contributed by atoms with Gasteiger partial charge in [0.15, 0.2) is 5.96 Å². The van der Waals surface area contributed by atoms with Gasteiger partial charge < -0.3 is 19.7 Å². The third kappa shape index (κ3) is 5.03. The molecule has 0 aliphatic rings. The van der Waals surface area contributed by atoms with Crippen LogP contribution in [0.3, 0.4) is 0 Å². The molecule has 2 amide bonds. The van der Waals surface area contributed by atoms with Crippen molar-refractivity contribution in [1.29, 1.82) is 5.41 Å². The molecule has 2 aromatic carbocycles. The summed E-state index contributed by atoms with van der Waals surface area (Å²) in [5, 5.41) is 12.9. The second kappa shape index (κ2) is 8.96. The lowest BCUT2D eigenvalue weighted by molar-refractivity contribution is 0.255. The minimum Gasteiger partial charge on any atom is -0.495 e. The van der Waals surface area contributed by atoms with Crippen LogP contribution in [0, 0.1) is 5.41 Å². The Hall–Kier alpha value is -2.93. The first-order valence-electron chi connectivity index (χ1n) is 7.79. The van der Waals surface area contributed by atoms with Gasteiger partial charge in [-0.1, -0.05) is 41.9 Å². The van der Waals surface area contributed by atoms with Crippen LogP contribution in [0.15, 0.2) is 42.5 Å². The lowest BCUT2D eigenvalue weighted by Crippen LogP contribution is -2.41. The highest BCUT2D eigenvalue weighted by molar-refractivity contribution is 6.35. The smallest absolute Gasteiger partial charge is 0.326 e. The number of methoxy groups -OCH3 is 1. The summed E-state index contributed by atoms with van der Waals surface area (Å²) in [5.74, 6) is 0.733. The van der Waals surface area contributed by atoms with E-state index >= 15 is 0 Å². The zero-order valence-electron chi connectivity index (χ0n) is 14.8. The number of urea groups is 1. The number of guanidine groups is 1. The van der Waals surface area contributed by atoms with E-state index in [1.807, 2.05) is 30.3 Å². The molecule has 0 aromatic heterocycles. The summed E-state index contributed by atoms with van der Waals surface area (Å²) in [6.45, 7) is 0.337. The van der Waals surface area contributed by atoms with Crippen LogP contribution in [-0.2, 0) is 6.61 Å².